The molecule has 0 aliphatic heterocycles. The summed E-state index contributed by atoms with van der Waals surface area (Å²) in [7, 11) is 3.99. The van der Waals surface area contributed by atoms with Gasteiger partial charge in [-0.2, -0.15) is 0 Å². The first-order chi connectivity index (χ1) is 8.19. The number of likely N-dealkylation sites (N-methyl/N-ethyl adjacent to an activating group) is 1. The molecule has 1 aliphatic carbocycles. The van der Waals surface area contributed by atoms with Crippen molar-refractivity contribution in [2.75, 3.05) is 7.05 Å². The van der Waals surface area contributed by atoms with Crippen LogP contribution in [0.5, 0.6) is 0 Å². The fourth-order valence-corrected chi connectivity index (χ4v) is 2.91. The summed E-state index contributed by atoms with van der Waals surface area (Å²) in [5.74, 6) is 1.72. The van der Waals surface area contributed by atoms with Crippen LogP contribution in [0.1, 0.15) is 38.3 Å². The first-order valence-electron chi connectivity index (χ1n) is 6.71. The molecule has 1 aromatic heterocycles. The number of nitrogens with one attached hydrogen (secondary N) is 1. The van der Waals surface area contributed by atoms with Gasteiger partial charge in [-0.15, -0.1) is 5.10 Å². The molecule has 1 aromatic rings. The predicted octanol–water partition coefficient (Wildman–Crippen LogP) is 1.77. The smallest absolute Gasteiger partial charge is 0.0842 e. The van der Waals surface area contributed by atoms with Crippen LogP contribution in [0, 0.1) is 11.8 Å². The Labute approximate surface area is 104 Å². The van der Waals surface area contributed by atoms with E-state index in [1.807, 2.05) is 13.2 Å². The molecule has 1 atom stereocenters. The molecule has 1 saturated carbocycles. The summed E-state index contributed by atoms with van der Waals surface area (Å²) in [5, 5.41) is 11.7. The lowest BCUT2D eigenvalue weighted by atomic mass is 9.78. The van der Waals surface area contributed by atoms with E-state index in [9.17, 15) is 0 Å². The minimum Gasteiger partial charge on any atom is -0.316 e. The van der Waals surface area contributed by atoms with Gasteiger partial charge in [-0.05, 0) is 31.7 Å². The first-order valence-corrected chi connectivity index (χ1v) is 6.71. The average Bonchev–Trinajstić information content (AvgIpc) is 2.73. The number of rotatable bonds is 4. The second-order valence-electron chi connectivity index (χ2n) is 5.50. The van der Waals surface area contributed by atoms with Crippen molar-refractivity contribution in [3.63, 3.8) is 0 Å². The normalized spacial score (nSPS) is 27.0. The molecule has 0 amide bonds. The van der Waals surface area contributed by atoms with Crippen molar-refractivity contribution in [3.8, 4) is 0 Å². The minimum atomic E-state index is 0.555. The van der Waals surface area contributed by atoms with E-state index in [-0.39, 0.29) is 0 Å². The van der Waals surface area contributed by atoms with E-state index in [2.05, 4.69) is 29.6 Å². The maximum atomic E-state index is 4.19. The van der Waals surface area contributed by atoms with Gasteiger partial charge in [0.1, 0.15) is 0 Å². The maximum Gasteiger partial charge on any atom is 0.0842 e. The molecule has 0 saturated heterocycles. The highest BCUT2D eigenvalue weighted by Gasteiger charge is 2.25. The van der Waals surface area contributed by atoms with Crippen molar-refractivity contribution in [2.45, 2.75) is 45.1 Å². The van der Waals surface area contributed by atoms with E-state index >= 15 is 0 Å². The highest BCUT2D eigenvalue weighted by Crippen LogP contribution is 2.31. The second kappa shape index (κ2) is 5.63. The lowest BCUT2D eigenvalue weighted by Gasteiger charge is -2.32. The Morgan fingerprint density at radius 2 is 2.12 bits per heavy atom. The third kappa shape index (κ3) is 3.28. The highest BCUT2D eigenvalue weighted by molar-refractivity contribution is 4.97. The van der Waals surface area contributed by atoms with E-state index in [1.165, 1.54) is 25.7 Å². The standard InChI is InChI=1S/C13H24N4/c1-10-4-6-11(7-5-10)13(14-2)8-12-9-17(3)16-15-12/h9-11,13-14H,4-8H2,1-3H3. The number of aryl methyl sites for hydroxylation is 1. The van der Waals surface area contributed by atoms with Crippen LogP contribution in [-0.4, -0.2) is 28.1 Å². The molecule has 0 radical (unpaired) electrons. The van der Waals surface area contributed by atoms with Crippen LogP contribution < -0.4 is 5.32 Å². The summed E-state index contributed by atoms with van der Waals surface area (Å²) in [6, 6.07) is 0.555. The van der Waals surface area contributed by atoms with Crippen LogP contribution in [-0.2, 0) is 13.5 Å². The second-order valence-corrected chi connectivity index (χ2v) is 5.50. The lowest BCUT2D eigenvalue weighted by molar-refractivity contribution is 0.234. The molecule has 0 spiro atoms. The van der Waals surface area contributed by atoms with Gasteiger partial charge >= 0.3 is 0 Å². The largest absolute Gasteiger partial charge is 0.316 e. The van der Waals surface area contributed by atoms with Gasteiger partial charge in [-0.25, -0.2) is 0 Å². The molecule has 2 rings (SSSR count). The molecule has 96 valence electrons. The molecule has 0 bridgehead atoms. The average molecular weight is 236 g/mol. The molecule has 17 heavy (non-hydrogen) atoms. The van der Waals surface area contributed by atoms with Gasteiger partial charge in [-0.1, -0.05) is 25.0 Å². The van der Waals surface area contributed by atoms with Crippen LogP contribution in [0.3, 0.4) is 0 Å². The van der Waals surface area contributed by atoms with Crippen molar-refractivity contribution < 1.29 is 0 Å². The van der Waals surface area contributed by atoms with Crippen molar-refractivity contribution in [1.29, 1.82) is 0 Å². The summed E-state index contributed by atoms with van der Waals surface area (Å²) < 4.78 is 1.78. The molecule has 1 aliphatic rings. The fraction of sp³-hybridized carbons (Fsp3) is 0.846. The van der Waals surface area contributed by atoms with Gasteiger partial charge in [0, 0.05) is 25.7 Å². The summed E-state index contributed by atoms with van der Waals surface area (Å²) in [6.07, 6.45) is 8.49. The molecule has 1 heterocycles. The topological polar surface area (TPSA) is 42.7 Å². The van der Waals surface area contributed by atoms with Gasteiger partial charge < -0.3 is 5.32 Å². The number of nitrogens with zero attached hydrogens (tertiary/aromatic N) is 3. The van der Waals surface area contributed by atoms with Crippen LogP contribution in [0.4, 0.5) is 0 Å². The minimum absolute atomic E-state index is 0.555. The van der Waals surface area contributed by atoms with Gasteiger partial charge in [-0.3, -0.25) is 4.68 Å². The summed E-state index contributed by atoms with van der Waals surface area (Å²) in [4.78, 5) is 0. The van der Waals surface area contributed by atoms with Crippen LogP contribution in [0.15, 0.2) is 6.20 Å². The van der Waals surface area contributed by atoms with Crippen molar-refractivity contribution in [2.24, 2.45) is 18.9 Å². The summed E-state index contributed by atoms with van der Waals surface area (Å²) in [5.41, 5.74) is 1.10. The molecule has 1 N–H and O–H groups in total. The third-order valence-electron chi connectivity index (χ3n) is 4.08. The molecule has 4 heteroatoms. The zero-order valence-electron chi connectivity index (χ0n) is 11.2. The molecule has 4 nitrogen and oxygen atoms in total. The summed E-state index contributed by atoms with van der Waals surface area (Å²) in [6.45, 7) is 2.37. The van der Waals surface area contributed by atoms with Gasteiger partial charge in [0.15, 0.2) is 0 Å². The van der Waals surface area contributed by atoms with Crippen molar-refractivity contribution >= 4 is 0 Å². The van der Waals surface area contributed by atoms with E-state index < -0.39 is 0 Å². The van der Waals surface area contributed by atoms with Crippen molar-refractivity contribution in [1.82, 2.24) is 20.3 Å². The van der Waals surface area contributed by atoms with E-state index in [1.54, 1.807) is 4.68 Å². The zero-order valence-corrected chi connectivity index (χ0v) is 11.2. The molecular weight excluding hydrogens is 212 g/mol. The first kappa shape index (κ1) is 12.6. The predicted molar refractivity (Wildman–Crippen MR) is 68.7 cm³/mol. The van der Waals surface area contributed by atoms with E-state index in [0.29, 0.717) is 6.04 Å². The molecular formula is C13H24N4. The Balaban J connectivity index is 1.92. The number of aromatic nitrogens is 3. The Morgan fingerprint density at radius 3 is 2.65 bits per heavy atom. The third-order valence-corrected chi connectivity index (χ3v) is 4.08. The van der Waals surface area contributed by atoms with Crippen LogP contribution in [0.25, 0.3) is 0 Å². The van der Waals surface area contributed by atoms with Gasteiger partial charge in [0.2, 0.25) is 0 Å². The molecule has 1 fully saturated rings. The van der Waals surface area contributed by atoms with E-state index in [0.717, 1.165) is 24.0 Å². The Bertz CT molecular complexity index is 339. The zero-order chi connectivity index (χ0) is 12.3. The van der Waals surface area contributed by atoms with Crippen molar-refractivity contribution in [3.05, 3.63) is 11.9 Å². The van der Waals surface area contributed by atoms with Gasteiger partial charge in [0.05, 0.1) is 5.69 Å². The molecule has 1 unspecified atom stereocenters. The Hall–Kier alpha value is -0.900. The van der Waals surface area contributed by atoms with Gasteiger partial charge in [0.25, 0.3) is 0 Å². The lowest BCUT2D eigenvalue weighted by Crippen LogP contribution is -2.37. The maximum absolute atomic E-state index is 4.19. The monoisotopic (exact) mass is 236 g/mol. The number of hydrogen-bond donors (Lipinski definition) is 1. The van der Waals surface area contributed by atoms with E-state index in [4.69, 9.17) is 0 Å². The molecule has 0 aromatic carbocycles. The number of hydrogen-bond acceptors (Lipinski definition) is 3. The van der Waals surface area contributed by atoms with Crippen LogP contribution >= 0.6 is 0 Å². The Morgan fingerprint density at radius 1 is 1.41 bits per heavy atom. The van der Waals surface area contributed by atoms with Crippen LogP contribution in [0.2, 0.25) is 0 Å². The fourth-order valence-electron chi connectivity index (χ4n) is 2.91. The summed E-state index contributed by atoms with van der Waals surface area (Å²) >= 11 is 0. The SMILES string of the molecule is CNC(Cc1cn(C)nn1)C1CCC(C)CC1. The Kier molecular flexibility index (Phi) is 4.15. The quantitative estimate of drug-likeness (QED) is 0.866. The highest BCUT2D eigenvalue weighted by atomic mass is 15.4.